The minimum absolute atomic E-state index is 0.610. The zero-order chi connectivity index (χ0) is 12.8. The molecule has 0 radical (unpaired) electrons. The molecule has 1 aliphatic carbocycles. The van der Waals surface area contributed by atoms with E-state index in [1.165, 1.54) is 37.9 Å². The van der Waals surface area contributed by atoms with Crippen molar-refractivity contribution >= 4 is 5.69 Å². The van der Waals surface area contributed by atoms with Gasteiger partial charge in [0, 0.05) is 24.3 Å². The molecule has 1 aromatic rings. The van der Waals surface area contributed by atoms with Crippen LogP contribution in [0.15, 0.2) is 30.3 Å². The average molecular weight is 246 g/mol. The number of benzene rings is 1. The molecule has 2 nitrogen and oxygen atoms in total. The first kappa shape index (κ1) is 13.4. The highest BCUT2D eigenvalue weighted by Crippen LogP contribution is 2.24. The van der Waals surface area contributed by atoms with Gasteiger partial charge in [0.2, 0.25) is 0 Å². The van der Waals surface area contributed by atoms with E-state index in [4.69, 9.17) is 0 Å². The van der Waals surface area contributed by atoms with Gasteiger partial charge in [-0.1, -0.05) is 38.0 Å². The highest BCUT2D eigenvalue weighted by molar-refractivity contribution is 5.42. The molecule has 1 N–H and O–H groups in total. The average Bonchev–Trinajstić information content (AvgIpc) is 2.92. The Morgan fingerprint density at radius 1 is 1.22 bits per heavy atom. The highest BCUT2D eigenvalue weighted by Gasteiger charge is 2.24. The number of hydrogen-bond donors (Lipinski definition) is 1. The van der Waals surface area contributed by atoms with Crippen molar-refractivity contribution in [1.82, 2.24) is 4.90 Å². The highest BCUT2D eigenvalue weighted by atomic mass is 15.2. The molecule has 1 saturated carbocycles. The lowest BCUT2D eigenvalue weighted by atomic mass is 10.1. The Balaban J connectivity index is 1.83. The summed E-state index contributed by atoms with van der Waals surface area (Å²) in [6.45, 7) is 6.84. The molecule has 0 bridgehead atoms. The molecule has 0 aliphatic heterocycles. The Bertz CT molecular complexity index is 330. The molecule has 18 heavy (non-hydrogen) atoms. The normalized spacial score (nSPS) is 18.2. The van der Waals surface area contributed by atoms with Crippen LogP contribution in [0.1, 0.15) is 39.5 Å². The molecular formula is C16H26N2. The van der Waals surface area contributed by atoms with Crippen LogP contribution in [0, 0.1) is 0 Å². The summed E-state index contributed by atoms with van der Waals surface area (Å²) in [4.78, 5) is 2.67. The van der Waals surface area contributed by atoms with Crippen LogP contribution in [0.25, 0.3) is 0 Å². The van der Waals surface area contributed by atoms with Crippen LogP contribution in [0.4, 0.5) is 5.69 Å². The Kier molecular flexibility index (Phi) is 5.06. The van der Waals surface area contributed by atoms with Gasteiger partial charge < -0.3 is 5.32 Å². The second-order valence-corrected chi connectivity index (χ2v) is 5.36. The molecule has 0 aromatic heterocycles. The molecule has 2 heteroatoms. The van der Waals surface area contributed by atoms with Crippen molar-refractivity contribution in [3.05, 3.63) is 30.3 Å². The first-order valence-corrected chi connectivity index (χ1v) is 7.36. The predicted octanol–water partition coefficient (Wildman–Crippen LogP) is 3.75. The molecule has 0 amide bonds. The van der Waals surface area contributed by atoms with Crippen LogP contribution < -0.4 is 5.32 Å². The molecule has 1 unspecified atom stereocenters. The van der Waals surface area contributed by atoms with Crippen LogP contribution in [-0.4, -0.2) is 30.1 Å². The molecule has 0 heterocycles. The monoisotopic (exact) mass is 246 g/mol. The molecule has 1 aromatic carbocycles. The van der Waals surface area contributed by atoms with Gasteiger partial charge in [-0.2, -0.15) is 0 Å². The van der Waals surface area contributed by atoms with Crippen molar-refractivity contribution in [2.45, 2.75) is 51.6 Å². The topological polar surface area (TPSA) is 15.3 Å². The van der Waals surface area contributed by atoms with E-state index in [0.717, 1.165) is 12.6 Å². The second-order valence-electron chi connectivity index (χ2n) is 5.36. The summed E-state index contributed by atoms with van der Waals surface area (Å²) < 4.78 is 0. The van der Waals surface area contributed by atoms with Crippen LogP contribution >= 0.6 is 0 Å². The van der Waals surface area contributed by atoms with Crippen molar-refractivity contribution in [3.63, 3.8) is 0 Å². The van der Waals surface area contributed by atoms with Crippen molar-refractivity contribution in [1.29, 1.82) is 0 Å². The minimum atomic E-state index is 0.610. The molecule has 100 valence electrons. The van der Waals surface area contributed by atoms with E-state index in [1.807, 2.05) is 0 Å². The molecule has 1 aliphatic rings. The van der Waals surface area contributed by atoms with Crippen molar-refractivity contribution < 1.29 is 0 Å². The van der Waals surface area contributed by atoms with Gasteiger partial charge in [-0.3, -0.25) is 4.90 Å². The summed E-state index contributed by atoms with van der Waals surface area (Å²) in [6, 6.07) is 11.9. The third-order valence-electron chi connectivity index (χ3n) is 4.10. The van der Waals surface area contributed by atoms with Gasteiger partial charge in [-0.05, 0) is 38.4 Å². The van der Waals surface area contributed by atoms with Crippen molar-refractivity contribution in [2.24, 2.45) is 0 Å². The summed E-state index contributed by atoms with van der Waals surface area (Å²) in [5.41, 5.74) is 1.23. The molecule has 2 rings (SSSR count). The van der Waals surface area contributed by atoms with E-state index in [-0.39, 0.29) is 0 Å². The lowest BCUT2D eigenvalue weighted by molar-refractivity contribution is 0.160. The van der Waals surface area contributed by atoms with Crippen molar-refractivity contribution in [2.75, 3.05) is 18.4 Å². The fraction of sp³-hybridized carbons (Fsp3) is 0.625. The summed E-state index contributed by atoms with van der Waals surface area (Å²) in [5, 5.41) is 3.54. The smallest absolute Gasteiger partial charge is 0.0340 e. The van der Waals surface area contributed by atoms with E-state index in [0.29, 0.717) is 6.04 Å². The van der Waals surface area contributed by atoms with Crippen molar-refractivity contribution in [3.8, 4) is 0 Å². The Hall–Kier alpha value is -1.02. The van der Waals surface area contributed by atoms with Crippen LogP contribution in [0.2, 0.25) is 0 Å². The van der Waals surface area contributed by atoms with Crippen LogP contribution in [-0.2, 0) is 0 Å². The number of likely N-dealkylation sites (N-methyl/N-ethyl adjacent to an activating group) is 1. The van der Waals surface area contributed by atoms with Gasteiger partial charge in [-0.15, -0.1) is 0 Å². The zero-order valence-corrected chi connectivity index (χ0v) is 11.7. The molecule has 1 fully saturated rings. The lowest BCUT2D eigenvalue weighted by Gasteiger charge is -2.33. The van der Waals surface area contributed by atoms with Gasteiger partial charge in [-0.25, -0.2) is 0 Å². The molecular weight excluding hydrogens is 220 g/mol. The predicted molar refractivity (Wildman–Crippen MR) is 79.0 cm³/mol. The first-order chi connectivity index (χ1) is 8.81. The maximum absolute atomic E-state index is 3.54. The summed E-state index contributed by atoms with van der Waals surface area (Å²) in [6.07, 6.45) is 5.62. The van der Waals surface area contributed by atoms with Gasteiger partial charge >= 0.3 is 0 Å². The maximum Gasteiger partial charge on any atom is 0.0340 e. The van der Waals surface area contributed by atoms with Crippen LogP contribution in [0.3, 0.4) is 0 Å². The van der Waals surface area contributed by atoms with E-state index in [9.17, 15) is 0 Å². The third kappa shape index (κ3) is 3.49. The number of anilines is 1. The Labute approximate surface area is 111 Å². The maximum atomic E-state index is 3.54. The largest absolute Gasteiger partial charge is 0.383 e. The standard InChI is InChI=1S/C16H26N2/c1-3-18(16-11-7-8-12-16)14(2)13-17-15-9-5-4-6-10-15/h4-6,9-10,14,16-17H,3,7-8,11-13H2,1-2H3. The lowest BCUT2D eigenvalue weighted by Crippen LogP contribution is -2.43. The quantitative estimate of drug-likeness (QED) is 0.822. The summed E-state index contributed by atoms with van der Waals surface area (Å²) in [7, 11) is 0. The molecule has 0 spiro atoms. The summed E-state index contributed by atoms with van der Waals surface area (Å²) in [5.74, 6) is 0. The Morgan fingerprint density at radius 3 is 2.50 bits per heavy atom. The molecule has 0 saturated heterocycles. The number of nitrogens with zero attached hydrogens (tertiary/aromatic N) is 1. The van der Waals surface area contributed by atoms with Crippen LogP contribution in [0.5, 0.6) is 0 Å². The van der Waals surface area contributed by atoms with Gasteiger partial charge in [0.15, 0.2) is 0 Å². The zero-order valence-electron chi connectivity index (χ0n) is 11.7. The van der Waals surface area contributed by atoms with Gasteiger partial charge in [0.25, 0.3) is 0 Å². The van der Waals surface area contributed by atoms with Gasteiger partial charge in [0.05, 0.1) is 0 Å². The third-order valence-corrected chi connectivity index (χ3v) is 4.10. The number of nitrogens with one attached hydrogen (secondary N) is 1. The van der Waals surface area contributed by atoms with Gasteiger partial charge in [0.1, 0.15) is 0 Å². The van der Waals surface area contributed by atoms with E-state index in [1.54, 1.807) is 0 Å². The first-order valence-electron chi connectivity index (χ1n) is 7.36. The SMILES string of the molecule is CCN(C(C)CNc1ccccc1)C1CCCC1. The number of hydrogen-bond acceptors (Lipinski definition) is 2. The number of para-hydroxylation sites is 1. The van der Waals surface area contributed by atoms with E-state index < -0.39 is 0 Å². The number of rotatable bonds is 6. The van der Waals surface area contributed by atoms with E-state index >= 15 is 0 Å². The fourth-order valence-electron chi connectivity index (χ4n) is 3.10. The van der Waals surface area contributed by atoms with E-state index in [2.05, 4.69) is 54.4 Å². The summed E-state index contributed by atoms with van der Waals surface area (Å²) >= 11 is 0. The Morgan fingerprint density at radius 2 is 1.89 bits per heavy atom. The fourth-order valence-corrected chi connectivity index (χ4v) is 3.10. The molecule has 1 atom stereocenters. The minimum Gasteiger partial charge on any atom is -0.383 e. The second kappa shape index (κ2) is 6.79.